The second kappa shape index (κ2) is 11.5. The summed E-state index contributed by atoms with van der Waals surface area (Å²) >= 11 is 0. The predicted molar refractivity (Wildman–Crippen MR) is 161 cm³/mol. The lowest BCUT2D eigenvalue weighted by Crippen LogP contribution is -2.39. The number of benzene rings is 3. The van der Waals surface area contributed by atoms with Gasteiger partial charge in [0.1, 0.15) is 18.1 Å². The van der Waals surface area contributed by atoms with Crippen molar-refractivity contribution < 1.29 is 19.0 Å². The second-order valence-corrected chi connectivity index (χ2v) is 12.2. The van der Waals surface area contributed by atoms with Gasteiger partial charge in [0.15, 0.2) is 0 Å². The number of ether oxygens (including phenoxy) is 3. The molecule has 1 aliphatic carbocycles. The fraction of sp³-hybridized carbons (Fsp3) is 0.400. The number of morpholine rings is 1. The van der Waals surface area contributed by atoms with Gasteiger partial charge in [0.25, 0.3) is 0 Å². The highest BCUT2D eigenvalue weighted by Crippen LogP contribution is 2.50. The monoisotopic (exact) mass is 539 g/mol. The molecular formula is C35H41NO4. The lowest BCUT2D eigenvalue weighted by atomic mass is 9.62. The molecule has 0 unspecified atom stereocenters. The van der Waals surface area contributed by atoms with E-state index in [2.05, 4.69) is 58.0 Å². The number of nitrogens with zero attached hydrogens (tertiary/aromatic N) is 1. The van der Waals surface area contributed by atoms with Gasteiger partial charge in [0.05, 0.1) is 20.3 Å². The Morgan fingerprint density at radius 1 is 0.875 bits per heavy atom. The standard InChI is InChI=1S/C35H41NO4/c1-34(2)15-16-35(3,4)30-23-32(40-24-26-9-7-6-8-10-26)28(22-29(30)34)27-21-25(11-13-31(27)38-5)12-14-33(37)36-17-19-39-20-18-36/h6-14,21-23H,15-20,24H2,1-5H3. The average molecular weight is 540 g/mol. The van der Waals surface area contributed by atoms with Crippen LogP contribution in [0, 0.1) is 0 Å². The van der Waals surface area contributed by atoms with Crippen LogP contribution in [0.3, 0.4) is 0 Å². The van der Waals surface area contributed by atoms with E-state index in [0.717, 1.165) is 46.6 Å². The summed E-state index contributed by atoms with van der Waals surface area (Å²) in [6.07, 6.45) is 5.80. The Morgan fingerprint density at radius 3 is 2.20 bits per heavy atom. The van der Waals surface area contributed by atoms with Gasteiger partial charge >= 0.3 is 0 Å². The van der Waals surface area contributed by atoms with E-state index in [4.69, 9.17) is 14.2 Å². The van der Waals surface area contributed by atoms with Crippen LogP contribution in [0.1, 0.15) is 62.8 Å². The van der Waals surface area contributed by atoms with E-state index < -0.39 is 0 Å². The normalized spacial score (nSPS) is 17.9. The van der Waals surface area contributed by atoms with E-state index in [9.17, 15) is 4.79 Å². The first-order valence-electron chi connectivity index (χ1n) is 14.3. The van der Waals surface area contributed by atoms with Crippen LogP contribution in [-0.2, 0) is 27.0 Å². The molecule has 3 aromatic carbocycles. The van der Waals surface area contributed by atoms with Gasteiger partial charge in [0.2, 0.25) is 5.91 Å². The molecule has 0 aromatic heterocycles. The van der Waals surface area contributed by atoms with Crippen molar-refractivity contribution in [3.63, 3.8) is 0 Å². The number of methoxy groups -OCH3 is 1. The lowest BCUT2D eigenvalue weighted by molar-refractivity contribution is -0.129. The topological polar surface area (TPSA) is 48.0 Å². The molecule has 5 rings (SSSR count). The summed E-state index contributed by atoms with van der Waals surface area (Å²) in [5.74, 6) is 1.62. The fourth-order valence-corrected chi connectivity index (χ4v) is 5.76. The number of hydrogen-bond donors (Lipinski definition) is 0. The third-order valence-electron chi connectivity index (χ3n) is 8.44. The first-order chi connectivity index (χ1) is 19.2. The van der Waals surface area contributed by atoms with E-state index in [0.29, 0.717) is 32.9 Å². The molecule has 40 heavy (non-hydrogen) atoms. The van der Waals surface area contributed by atoms with Crippen LogP contribution in [0.2, 0.25) is 0 Å². The number of rotatable bonds is 7. The van der Waals surface area contributed by atoms with Crippen molar-refractivity contribution in [1.29, 1.82) is 0 Å². The largest absolute Gasteiger partial charge is 0.496 e. The number of carbonyl (C=O) groups is 1. The van der Waals surface area contributed by atoms with E-state index >= 15 is 0 Å². The molecule has 210 valence electrons. The van der Waals surface area contributed by atoms with Gasteiger partial charge in [0, 0.05) is 30.3 Å². The Kier molecular flexibility index (Phi) is 8.04. The molecule has 0 bridgehead atoms. The number of carbonyl (C=O) groups excluding carboxylic acids is 1. The zero-order valence-electron chi connectivity index (χ0n) is 24.5. The van der Waals surface area contributed by atoms with Gasteiger partial charge in [-0.2, -0.15) is 0 Å². The molecule has 1 amide bonds. The summed E-state index contributed by atoms with van der Waals surface area (Å²) in [4.78, 5) is 14.6. The average Bonchev–Trinajstić information content (AvgIpc) is 2.97. The molecule has 1 fully saturated rings. The molecule has 1 saturated heterocycles. The quantitative estimate of drug-likeness (QED) is 0.299. The third-order valence-corrected chi connectivity index (χ3v) is 8.44. The molecule has 1 aliphatic heterocycles. The van der Waals surface area contributed by atoms with E-state index in [1.165, 1.54) is 11.1 Å². The Labute approximate surface area is 238 Å². The molecular weight excluding hydrogens is 498 g/mol. The van der Waals surface area contributed by atoms with Crippen LogP contribution >= 0.6 is 0 Å². The maximum absolute atomic E-state index is 12.8. The van der Waals surface area contributed by atoms with Crippen molar-refractivity contribution in [3.8, 4) is 22.6 Å². The number of fused-ring (bicyclic) bond motifs is 1. The third kappa shape index (κ3) is 5.95. The van der Waals surface area contributed by atoms with Crippen LogP contribution in [0.15, 0.2) is 66.7 Å². The smallest absolute Gasteiger partial charge is 0.246 e. The highest BCUT2D eigenvalue weighted by molar-refractivity contribution is 5.92. The molecule has 0 atom stereocenters. The highest BCUT2D eigenvalue weighted by atomic mass is 16.5. The maximum Gasteiger partial charge on any atom is 0.246 e. The molecule has 1 heterocycles. The van der Waals surface area contributed by atoms with Crippen molar-refractivity contribution in [3.05, 3.63) is 89.0 Å². The van der Waals surface area contributed by atoms with Crippen LogP contribution in [0.4, 0.5) is 0 Å². The number of hydrogen-bond acceptors (Lipinski definition) is 4. The van der Waals surface area contributed by atoms with Crippen molar-refractivity contribution >= 4 is 12.0 Å². The summed E-state index contributed by atoms with van der Waals surface area (Å²) in [5, 5.41) is 0. The fourth-order valence-electron chi connectivity index (χ4n) is 5.76. The molecule has 3 aromatic rings. The molecule has 5 nitrogen and oxygen atoms in total. The van der Waals surface area contributed by atoms with E-state index in [1.807, 2.05) is 41.3 Å². The summed E-state index contributed by atoms with van der Waals surface area (Å²) in [5.41, 5.74) is 6.83. The lowest BCUT2D eigenvalue weighted by Gasteiger charge is -2.42. The van der Waals surface area contributed by atoms with Gasteiger partial charge in [-0.15, -0.1) is 0 Å². The molecule has 0 radical (unpaired) electrons. The molecule has 2 aliphatic rings. The minimum Gasteiger partial charge on any atom is -0.496 e. The predicted octanol–water partition coefficient (Wildman–Crippen LogP) is 7.16. The van der Waals surface area contributed by atoms with Crippen LogP contribution in [0.25, 0.3) is 17.2 Å². The van der Waals surface area contributed by atoms with Crippen LogP contribution < -0.4 is 9.47 Å². The van der Waals surface area contributed by atoms with Gasteiger partial charge in [-0.3, -0.25) is 4.79 Å². The SMILES string of the molecule is COc1ccc(C=CC(=O)N2CCOCC2)cc1-c1cc2c(cc1OCc1ccccc1)C(C)(C)CCC2(C)C. The summed E-state index contributed by atoms with van der Waals surface area (Å²) < 4.78 is 17.8. The van der Waals surface area contributed by atoms with Gasteiger partial charge in [-0.25, -0.2) is 0 Å². The Balaban J connectivity index is 1.58. The van der Waals surface area contributed by atoms with E-state index in [-0.39, 0.29) is 16.7 Å². The van der Waals surface area contributed by atoms with Crippen LogP contribution in [0.5, 0.6) is 11.5 Å². The minimum absolute atomic E-state index is 0.00492. The molecule has 0 saturated carbocycles. The highest BCUT2D eigenvalue weighted by Gasteiger charge is 2.38. The zero-order chi connectivity index (χ0) is 28.3. The minimum atomic E-state index is 0.00492. The van der Waals surface area contributed by atoms with Gasteiger partial charge < -0.3 is 19.1 Å². The summed E-state index contributed by atoms with van der Waals surface area (Å²) in [6.45, 7) is 12.2. The Hall–Kier alpha value is -3.57. The summed E-state index contributed by atoms with van der Waals surface area (Å²) in [6, 6.07) is 20.9. The van der Waals surface area contributed by atoms with Crippen molar-refractivity contribution in [2.75, 3.05) is 33.4 Å². The second-order valence-electron chi connectivity index (χ2n) is 12.2. The molecule has 0 spiro atoms. The maximum atomic E-state index is 12.8. The summed E-state index contributed by atoms with van der Waals surface area (Å²) in [7, 11) is 1.70. The molecule has 5 heteroatoms. The molecule has 0 N–H and O–H groups in total. The first kappa shape index (κ1) is 28.0. The van der Waals surface area contributed by atoms with Crippen molar-refractivity contribution in [2.45, 2.75) is 58.0 Å². The van der Waals surface area contributed by atoms with Gasteiger partial charge in [-0.05, 0) is 76.3 Å². The zero-order valence-corrected chi connectivity index (χ0v) is 24.5. The Morgan fingerprint density at radius 2 is 1.52 bits per heavy atom. The van der Waals surface area contributed by atoms with Crippen LogP contribution in [-0.4, -0.2) is 44.2 Å². The van der Waals surface area contributed by atoms with Gasteiger partial charge in [-0.1, -0.05) is 64.1 Å². The Bertz CT molecular complexity index is 1380. The first-order valence-corrected chi connectivity index (χ1v) is 14.3. The van der Waals surface area contributed by atoms with Crippen molar-refractivity contribution in [1.82, 2.24) is 4.90 Å². The number of amides is 1. The van der Waals surface area contributed by atoms with Crippen molar-refractivity contribution in [2.24, 2.45) is 0 Å². The van der Waals surface area contributed by atoms with E-state index in [1.54, 1.807) is 13.2 Å².